The van der Waals surface area contributed by atoms with Gasteiger partial charge in [0.15, 0.2) is 0 Å². The summed E-state index contributed by atoms with van der Waals surface area (Å²) in [5.74, 6) is 0.549. The predicted molar refractivity (Wildman–Crippen MR) is 90.7 cm³/mol. The summed E-state index contributed by atoms with van der Waals surface area (Å²) in [4.78, 5) is 0. The molecule has 2 N–H and O–H groups in total. The maximum absolute atomic E-state index is 6.74. The smallest absolute Gasteiger partial charge is 0.0159 e. The van der Waals surface area contributed by atoms with Gasteiger partial charge in [-0.2, -0.15) is 0 Å². The van der Waals surface area contributed by atoms with Crippen molar-refractivity contribution in [3.8, 4) is 0 Å². The van der Waals surface area contributed by atoms with E-state index in [2.05, 4.69) is 83.1 Å². The van der Waals surface area contributed by atoms with Crippen LogP contribution in [0.5, 0.6) is 0 Å². The highest BCUT2D eigenvalue weighted by molar-refractivity contribution is 5.20. The van der Waals surface area contributed by atoms with E-state index in [1.54, 1.807) is 0 Å². The summed E-state index contributed by atoms with van der Waals surface area (Å²) in [7, 11) is 0. The van der Waals surface area contributed by atoms with Gasteiger partial charge >= 0.3 is 0 Å². The summed E-state index contributed by atoms with van der Waals surface area (Å²) < 4.78 is 0. The van der Waals surface area contributed by atoms with E-state index in [4.69, 9.17) is 5.73 Å². The van der Waals surface area contributed by atoms with E-state index >= 15 is 0 Å². The summed E-state index contributed by atoms with van der Waals surface area (Å²) in [6, 6.07) is 0. The Morgan fingerprint density at radius 2 is 1.05 bits per heavy atom. The number of hydrogen-bond donors (Lipinski definition) is 1. The molecule has 0 amide bonds. The van der Waals surface area contributed by atoms with Gasteiger partial charge in [0.25, 0.3) is 0 Å². The Bertz CT molecular complexity index is 392. The van der Waals surface area contributed by atoms with Crippen molar-refractivity contribution in [1.82, 2.24) is 0 Å². The van der Waals surface area contributed by atoms with Crippen molar-refractivity contribution < 1.29 is 0 Å². The first-order chi connectivity index (χ1) is 8.40. The van der Waals surface area contributed by atoms with E-state index in [1.807, 2.05) is 0 Å². The molecule has 1 fully saturated rings. The Morgan fingerprint density at radius 3 is 1.35 bits per heavy atom. The van der Waals surface area contributed by atoms with Crippen LogP contribution in [0.1, 0.15) is 83.1 Å². The normalized spacial score (nSPS) is 38.5. The molecule has 2 unspecified atom stereocenters. The van der Waals surface area contributed by atoms with Crippen LogP contribution < -0.4 is 5.73 Å². The summed E-state index contributed by atoms with van der Waals surface area (Å²) in [6.07, 6.45) is 0. The van der Waals surface area contributed by atoms with Crippen molar-refractivity contribution >= 4 is 0 Å². The minimum atomic E-state index is -0.207. The van der Waals surface area contributed by atoms with Crippen LogP contribution in [0.15, 0.2) is 0 Å². The largest absolute Gasteiger partial charge is 0.325 e. The third kappa shape index (κ3) is 1.59. The van der Waals surface area contributed by atoms with Gasteiger partial charge in [0.05, 0.1) is 0 Å². The van der Waals surface area contributed by atoms with Crippen molar-refractivity contribution in [2.75, 3.05) is 0 Å². The molecule has 0 aromatic carbocycles. The van der Waals surface area contributed by atoms with Crippen LogP contribution in [0.25, 0.3) is 0 Å². The number of nitrogens with two attached hydrogens (primary N) is 1. The van der Waals surface area contributed by atoms with E-state index in [-0.39, 0.29) is 32.6 Å². The first-order valence-corrected chi connectivity index (χ1v) is 8.19. The first kappa shape index (κ1) is 18.0. The van der Waals surface area contributed by atoms with Gasteiger partial charge < -0.3 is 5.73 Å². The lowest BCUT2D eigenvalue weighted by molar-refractivity contribution is -0.266. The second kappa shape index (κ2) is 4.03. The zero-order valence-electron chi connectivity index (χ0n) is 16.2. The van der Waals surface area contributed by atoms with E-state index in [0.29, 0.717) is 5.92 Å². The van der Waals surface area contributed by atoms with Gasteiger partial charge in [-0.1, -0.05) is 69.2 Å². The quantitative estimate of drug-likeness (QED) is 0.676. The molecule has 1 saturated carbocycles. The third-order valence-electron chi connectivity index (χ3n) is 9.32. The molecule has 0 aromatic rings. The van der Waals surface area contributed by atoms with Gasteiger partial charge in [-0.05, 0) is 46.8 Å². The third-order valence-corrected chi connectivity index (χ3v) is 9.32. The SMILES string of the molecule is CC1C(C)(C)C(C)(C)C(C)(C)C(C)(C)C1(C)C(C)(C)N. The fourth-order valence-corrected chi connectivity index (χ4v) is 5.40. The maximum atomic E-state index is 6.74. The Balaban J connectivity index is 3.76. The lowest BCUT2D eigenvalue weighted by Gasteiger charge is -2.75. The topological polar surface area (TPSA) is 26.0 Å². The van der Waals surface area contributed by atoms with Gasteiger partial charge in [-0.25, -0.2) is 0 Å². The highest BCUT2D eigenvalue weighted by Gasteiger charge is 2.71. The molecule has 1 heteroatoms. The lowest BCUT2D eigenvalue weighted by atomic mass is 9.29. The molecule has 0 aliphatic heterocycles. The maximum Gasteiger partial charge on any atom is 0.0159 e. The van der Waals surface area contributed by atoms with Crippen molar-refractivity contribution in [3.63, 3.8) is 0 Å². The average Bonchev–Trinajstić information content (AvgIpc) is 2.22. The molecule has 1 aliphatic carbocycles. The van der Waals surface area contributed by atoms with Crippen LogP contribution in [0.3, 0.4) is 0 Å². The molecular weight excluding hydrogens is 242 g/mol. The zero-order chi connectivity index (χ0) is 16.6. The molecule has 0 heterocycles. The molecule has 1 nitrogen and oxygen atoms in total. The van der Waals surface area contributed by atoms with Crippen molar-refractivity contribution in [3.05, 3.63) is 0 Å². The summed E-state index contributed by atoms with van der Waals surface area (Å²) in [5.41, 5.74) is 7.43. The molecule has 0 bridgehead atoms. The highest BCUT2D eigenvalue weighted by Crippen LogP contribution is 2.75. The minimum absolute atomic E-state index is 0.0719. The van der Waals surface area contributed by atoms with Crippen LogP contribution in [-0.2, 0) is 0 Å². The number of hydrogen-bond acceptors (Lipinski definition) is 1. The minimum Gasteiger partial charge on any atom is -0.325 e. The van der Waals surface area contributed by atoms with Crippen LogP contribution in [0.4, 0.5) is 0 Å². The molecule has 0 aromatic heterocycles. The van der Waals surface area contributed by atoms with E-state index in [1.165, 1.54) is 0 Å². The Morgan fingerprint density at radius 1 is 0.700 bits per heavy atom. The van der Waals surface area contributed by atoms with E-state index < -0.39 is 0 Å². The van der Waals surface area contributed by atoms with Crippen molar-refractivity contribution in [2.24, 2.45) is 38.7 Å². The average molecular weight is 282 g/mol. The summed E-state index contributed by atoms with van der Waals surface area (Å²) >= 11 is 0. The molecule has 0 saturated heterocycles. The molecule has 1 aliphatic rings. The van der Waals surface area contributed by atoms with Gasteiger partial charge in [0.1, 0.15) is 0 Å². The summed E-state index contributed by atoms with van der Waals surface area (Å²) in [5, 5.41) is 0. The Labute approximate surface area is 128 Å². The monoisotopic (exact) mass is 281 g/mol. The van der Waals surface area contributed by atoms with Crippen LogP contribution in [-0.4, -0.2) is 5.54 Å². The number of rotatable bonds is 1. The molecule has 0 spiro atoms. The van der Waals surface area contributed by atoms with E-state index in [9.17, 15) is 0 Å². The lowest BCUT2D eigenvalue weighted by Crippen LogP contribution is -2.73. The Hall–Kier alpha value is -0.0400. The fourth-order valence-electron chi connectivity index (χ4n) is 5.40. The standard InChI is InChI=1S/C19H39N/c1-13-14(2,3)15(4,5)16(6,7)17(8,9)19(13,12)18(10,11)20/h13H,20H2,1-12H3. The molecule has 0 radical (unpaired) electrons. The van der Waals surface area contributed by atoms with Gasteiger partial charge in [0.2, 0.25) is 0 Å². The van der Waals surface area contributed by atoms with Crippen LogP contribution in [0.2, 0.25) is 0 Å². The molecule has 20 heavy (non-hydrogen) atoms. The first-order valence-electron chi connectivity index (χ1n) is 8.19. The molecule has 1 rings (SSSR count). The molecular formula is C19H39N. The van der Waals surface area contributed by atoms with Crippen LogP contribution in [0, 0.1) is 33.0 Å². The Kier molecular flexibility index (Phi) is 3.63. The second-order valence-electron chi connectivity index (χ2n) is 10.2. The predicted octanol–water partition coefficient (Wildman–Crippen LogP) is 5.48. The van der Waals surface area contributed by atoms with Crippen LogP contribution >= 0.6 is 0 Å². The van der Waals surface area contributed by atoms with Crippen molar-refractivity contribution in [1.29, 1.82) is 0 Å². The summed E-state index contributed by atoms with van der Waals surface area (Å²) in [6.45, 7) is 28.9. The molecule has 120 valence electrons. The highest BCUT2D eigenvalue weighted by atomic mass is 14.9. The fraction of sp³-hybridized carbons (Fsp3) is 1.00. The van der Waals surface area contributed by atoms with Gasteiger partial charge in [-0.15, -0.1) is 0 Å². The molecule has 2 atom stereocenters. The van der Waals surface area contributed by atoms with E-state index in [0.717, 1.165) is 0 Å². The van der Waals surface area contributed by atoms with Gasteiger partial charge in [0, 0.05) is 5.54 Å². The van der Waals surface area contributed by atoms with Gasteiger partial charge in [-0.3, -0.25) is 0 Å². The van der Waals surface area contributed by atoms with Crippen molar-refractivity contribution in [2.45, 2.75) is 88.6 Å². The zero-order valence-corrected chi connectivity index (χ0v) is 16.2. The second-order valence-corrected chi connectivity index (χ2v) is 10.2.